The van der Waals surface area contributed by atoms with Crippen LogP contribution in [-0.2, 0) is 0 Å². The number of likely N-dealkylation sites (N-methyl/N-ethyl adjacent to an activating group) is 1. The summed E-state index contributed by atoms with van der Waals surface area (Å²) in [5, 5.41) is 3.24. The van der Waals surface area contributed by atoms with Crippen LogP contribution in [0.25, 0.3) is 0 Å². The van der Waals surface area contributed by atoms with Gasteiger partial charge in [0.05, 0.1) is 5.56 Å². The quantitative estimate of drug-likeness (QED) is 0.785. The van der Waals surface area contributed by atoms with Crippen LogP contribution in [0.3, 0.4) is 0 Å². The Hall–Kier alpha value is -1.10. The summed E-state index contributed by atoms with van der Waals surface area (Å²) in [7, 11) is 2.00. The van der Waals surface area contributed by atoms with E-state index in [9.17, 15) is 4.79 Å². The molecule has 2 rings (SSSR count). The van der Waals surface area contributed by atoms with Crippen LogP contribution in [0.5, 0.6) is 5.75 Å². The van der Waals surface area contributed by atoms with Gasteiger partial charge in [-0.05, 0) is 45.5 Å². The van der Waals surface area contributed by atoms with Crippen molar-refractivity contribution in [2.45, 2.75) is 25.8 Å². The van der Waals surface area contributed by atoms with Gasteiger partial charge in [0.15, 0.2) is 5.78 Å². The summed E-state index contributed by atoms with van der Waals surface area (Å²) in [6.45, 7) is 5.29. The van der Waals surface area contributed by atoms with Gasteiger partial charge in [0.1, 0.15) is 12.4 Å². The number of likely N-dealkylation sites (tertiary alicyclic amines) is 1. The average molecular weight is 313 g/mol. The zero-order valence-corrected chi connectivity index (χ0v) is 13.6. The largest absolute Gasteiger partial charge is 0.491 e. The molecule has 0 aromatic heterocycles. The molecule has 118 valence electrons. The van der Waals surface area contributed by atoms with E-state index in [-0.39, 0.29) is 18.2 Å². The summed E-state index contributed by atoms with van der Waals surface area (Å²) in [6, 6.07) is 8.07. The van der Waals surface area contributed by atoms with Crippen molar-refractivity contribution in [3.8, 4) is 5.75 Å². The van der Waals surface area contributed by atoms with Crippen molar-refractivity contribution in [2.75, 3.05) is 33.3 Å². The van der Waals surface area contributed by atoms with E-state index in [1.165, 1.54) is 12.8 Å². The number of Topliss-reactive ketones (excluding diaryl/α,β-unsaturated/α-hetero) is 1. The number of hydrogen-bond donors (Lipinski definition) is 1. The maximum atomic E-state index is 11.5. The van der Waals surface area contributed by atoms with Crippen molar-refractivity contribution in [1.82, 2.24) is 10.2 Å². The molecule has 4 nitrogen and oxygen atoms in total. The lowest BCUT2D eigenvalue weighted by atomic mass is 10.1. The van der Waals surface area contributed by atoms with Crippen molar-refractivity contribution in [1.29, 1.82) is 0 Å². The number of hydrogen-bond acceptors (Lipinski definition) is 4. The number of rotatable bonds is 7. The smallest absolute Gasteiger partial charge is 0.163 e. The SMILES string of the molecule is CNCC1CCCN1CCOc1ccccc1C(C)=O.Cl. The predicted octanol–water partition coefficient (Wildman–Crippen LogP) is 2.37. The first kappa shape index (κ1) is 18.0. The molecule has 1 aromatic carbocycles. The summed E-state index contributed by atoms with van der Waals surface area (Å²) in [5.74, 6) is 0.749. The third-order valence-electron chi connectivity index (χ3n) is 3.84. The first-order valence-corrected chi connectivity index (χ1v) is 7.33. The summed E-state index contributed by atoms with van der Waals surface area (Å²) in [4.78, 5) is 14.0. The Kier molecular flexibility index (Phi) is 7.72. The Morgan fingerprint density at radius 2 is 2.19 bits per heavy atom. The predicted molar refractivity (Wildman–Crippen MR) is 87.7 cm³/mol. The fourth-order valence-electron chi connectivity index (χ4n) is 2.81. The van der Waals surface area contributed by atoms with E-state index in [2.05, 4.69) is 10.2 Å². The average Bonchev–Trinajstić information content (AvgIpc) is 2.87. The van der Waals surface area contributed by atoms with Crippen molar-refractivity contribution >= 4 is 18.2 Å². The molecular formula is C16H25ClN2O2. The minimum Gasteiger partial charge on any atom is -0.491 e. The zero-order chi connectivity index (χ0) is 14.4. The van der Waals surface area contributed by atoms with Crippen LogP contribution >= 0.6 is 12.4 Å². The second-order valence-corrected chi connectivity index (χ2v) is 5.29. The van der Waals surface area contributed by atoms with Gasteiger partial charge in [0, 0.05) is 19.1 Å². The molecule has 1 saturated heterocycles. The molecule has 1 aliphatic rings. The van der Waals surface area contributed by atoms with Gasteiger partial charge < -0.3 is 10.1 Å². The Balaban J connectivity index is 0.00000220. The first-order chi connectivity index (χ1) is 9.72. The second-order valence-electron chi connectivity index (χ2n) is 5.29. The standard InChI is InChI=1S/C16H24N2O2.ClH/c1-13(19)15-7-3-4-8-16(15)20-11-10-18-9-5-6-14(18)12-17-2;/h3-4,7-8,14,17H,5-6,9-12H2,1-2H3;1H. The van der Waals surface area contributed by atoms with Crippen molar-refractivity contribution < 1.29 is 9.53 Å². The summed E-state index contributed by atoms with van der Waals surface area (Å²) < 4.78 is 5.80. The molecule has 21 heavy (non-hydrogen) atoms. The van der Waals surface area contributed by atoms with Crippen LogP contribution < -0.4 is 10.1 Å². The molecule has 1 atom stereocenters. The molecule has 1 heterocycles. The maximum absolute atomic E-state index is 11.5. The van der Waals surface area contributed by atoms with Crippen molar-refractivity contribution in [2.24, 2.45) is 0 Å². The van der Waals surface area contributed by atoms with Gasteiger partial charge in [-0.2, -0.15) is 0 Å². The highest BCUT2D eigenvalue weighted by Gasteiger charge is 2.23. The highest BCUT2D eigenvalue weighted by atomic mass is 35.5. The van der Waals surface area contributed by atoms with E-state index in [0.717, 1.165) is 19.6 Å². The molecule has 0 radical (unpaired) electrons. The van der Waals surface area contributed by atoms with Crippen LogP contribution in [0.4, 0.5) is 0 Å². The molecule has 1 unspecified atom stereocenters. The molecule has 5 heteroatoms. The molecule has 0 amide bonds. The van der Waals surface area contributed by atoms with Crippen LogP contribution in [0.2, 0.25) is 0 Å². The number of halogens is 1. The molecule has 0 saturated carbocycles. The molecule has 1 aliphatic heterocycles. The third kappa shape index (κ3) is 4.99. The number of nitrogens with one attached hydrogen (secondary N) is 1. The van der Waals surface area contributed by atoms with E-state index in [0.29, 0.717) is 24.0 Å². The number of carbonyl (C=O) groups excluding carboxylic acids is 1. The summed E-state index contributed by atoms with van der Waals surface area (Å²) in [5.41, 5.74) is 0.667. The van der Waals surface area contributed by atoms with Crippen LogP contribution in [0, 0.1) is 0 Å². The maximum Gasteiger partial charge on any atom is 0.163 e. The normalized spacial score (nSPS) is 18.3. The molecule has 0 bridgehead atoms. The van der Waals surface area contributed by atoms with Gasteiger partial charge in [0.25, 0.3) is 0 Å². The third-order valence-corrected chi connectivity index (χ3v) is 3.84. The van der Waals surface area contributed by atoms with Gasteiger partial charge in [-0.15, -0.1) is 12.4 Å². The molecule has 0 aliphatic carbocycles. The lowest BCUT2D eigenvalue weighted by Gasteiger charge is -2.24. The number of para-hydroxylation sites is 1. The minimum atomic E-state index is 0. The Bertz CT molecular complexity index is 454. The van der Waals surface area contributed by atoms with E-state index >= 15 is 0 Å². The number of carbonyl (C=O) groups is 1. The molecule has 0 spiro atoms. The minimum absolute atomic E-state index is 0. The Morgan fingerprint density at radius 3 is 2.90 bits per heavy atom. The lowest BCUT2D eigenvalue weighted by Crippen LogP contribution is -2.39. The second kappa shape index (κ2) is 9.03. The topological polar surface area (TPSA) is 41.6 Å². The highest BCUT2D eigenvalue weighted by molar-refractivity contribution is 5.96. The van der Waals surface area contributed by atoms with Crippen LogP contribution in [0.15, 0.2) is 24.3 Å². The number of ether oxygens (including phenoxy) is 1. The molecular weight excluding hydrogens is 288 g/mol. The van der Waals surface area contributed by atoms with E-state index in [1.807, 2.05) is 31.3 Å². The molecule has 1 fully saturated rings. The number of ketones is 1. The van der Waals surface area contributed by atoms with E-state index in [1.54, 1.807) is 6.92 Å². The summed E-state index contributed by atoms with van der Waals surface area (Å²) in [6.07, 6.45) is 2.52. The molecule has 1 aromatic rings. The number of nitrogens with zero attached hydrogens (tertiary/aromatic N) is 1. The highest BCUT2D eigenvalue weighted by Crippen LogP contribution is 2.19. The van der Waals surface area contributed by atoms with Crippen LogP contribution in [-0.4, -0.2) is 50.0 Å². The Labute approximate surface area is 133 Å². The van der Waals surface area contributed by atoms with Crippen LogP contribution in [0.1, 0.15) is 30.1 Å². The first-order valence-electron chi connectivity index (χ1n) is 7.33. The van der Waals surface area contributed by atoms with E-state index < -0.39 is 0 Å². The zero-order valence-electron chi connectivity index (χ0n) is 12.8. The van der Waals surface area contributed by atoms with Gasteiger partial charge in [-0.25, -0.2) is 0 Å². The van der Waals surface area contributed by atoms with Gasteiger partial charge in [-0.1, -0.05) is 12.1 Å². The van der Waals surface area contributed by atoms with Gasteiger partial charge in [-0.3, -0.25) is 9.69 Å². The van der Waals surface area contributed by atoms with Crippen molar-refractivity contribution in [3.63, 3.8) is 0 Å². The summed E-state index contributed by atoms with van der Waals surface area (Å²) >= 11 is 0. The molecule has 1 N–H and O–H groups in total. The van der Waals surface area contributed by atoms with Crippen molar-refractivity contribution in [3.05, 3.63) is 29.8 Å². The lowest BCUT2D eigenvalue weighted by molar-refractivity contribution is 0.101. The van der Waals surface area contributed by atoms with Gasteiger partial charge in [0.2, 0.25) is 0 Å². The van der Waals surface area contributed by atoms with E-state index in [4.69, 9.17) is 4.74 Å². The van der Waals surface area contributed by atoms with Gasteiger partial charge >= 0.3 is 0 Å². The fourth-order valence-corrected chi connectivity index (χ4v) is 2.81. The number of benzene rings is 1. The Morgan fingerprint density at radius 1 is 1.43 bits per heavy atom. The fraction of sp³-hybridized carbons (Fsp3) is 0.562. The monoisotopic (exact) mass is 312 g/mol.